The Kier molecular flexibility index (Phi) is 6.41. The molecule has 0 saturated carbocycles. The molecule has 0 bridgehead atoms. The van der Waals surface area contributed by atoms with Crippen LogP contribution in [0.15, 0.2) is 0 Å². The average Bonchev–Trinajstić information content (AvgIpc) is 1.97. The van der Waals surface area contributed by atoms with E-state index in [0.717, 1.165) is 6.42 Å². The van der Waals surface area contributed by atoms with Crippen LogP contribution in [-0.2, 0) is 14.6 Å². The van der Waals surface area contributed by atoms with Crippen molar-refractivity contribution >= 4 is 27.4 Å². The maximum absolute atomic E-state index is 11.0. The standard InChI is InChI=1S/C8H16O3S2/c1-3-4-8(9)7-12-5-6-13(2,10)11/h3-7H2,1-2H3. The van der Waals surface area contributed by atoms with Gasteiger partial charge < -0.3 is 0 Å². The minimum atomic E-state index is -2.87. The first-order valence-corrected chi connectivity index (χ1v) is 7.44. The largest absolute Gasteiger partial charge is 0.299 e. The monoisotopic (exact) mass is 224 g/mol. The van der Waals surface area contributed by atoms with Crippen molar-refractivity contribution in [2.45, 2.75) is 19.8 Å². The van der Waals surface area contributed by atoms with Crippen LogP contribution in [-0.4, -0.2) is 37.7 Å². The maximum Gasteiger partial charge on any atom is 0.148 e. The smallest absolute Gasteiger partial charge is 0.148 e. The van der Waals surface area contributed by atoms with E-state index in [9.17, 15) is 13.2 Å². The zero-order valence-electron chi connectivity index (χ0n) is 8.08. The van der Waals surface area contributed by atoms with Crippen LogP contribution < -0.4 is 0 Å². The molecular formula is C8H16O3S2. The Labute approximate surface area is 84.2 Å². The molecule has 0 aromatic rings. The third-order valence-electron chi connectivity index (χ3n) is 1.39. The molecule has 13 heavy (non-hydrogen) atoms. The van der Waals surface area contributed by atoms with Crippen molar-refractivity contribution < 1.29 is 13.2 Å². The van der Waals surface area contributed by atoms with Crippen molar-refractivity contribution in [3.8, 4) is 0 Å². The van der Waals surface area contributed by atoms with Gasteiger partial charge >= 0.3 is 0 Å². The lowest BCUT2D eigenvalue weighted by Crippen LogP contribution is -2.07. The summed E-state index contributed by atoms with van der Waals surface area (Å²) in [6.07, 6.45) is 2.68. The Morgan fingerprint density at radius 1 is 1.38 bits per heavy atom. The second-order valence-electron chi connectivity index (χ2n) is 2.97. The SMILES string of the molecule is CCCC(=O)CSCCS(C)(=O)=O. The third-order valence-corrected chi connectivity index (χ3v) is 3.61. The predicted octanol–water partition coefficient (Wildman–Crippen LogP) is 1.13. The summed E-state index contributed by atoms with van der Waals surface area (Å²) in [5.74, 6) is 1.34. The molecule has 0 N–H and O–H groups in total. The molecule has 0 unspecified atom stereocenters. The topological polar surface area (TPSA) is 51.2 Å². The van der Waals surface area contributed by atoms with Gasteiger partial charge in [0.25, 0.3) is 0 Å². The van der Waals surface area contributed by atoms with Gasteiger partial charge in [-0.25, -0.2) is 8.42 Å². The van der Waals surface area contributed by atoms with Gasteiger partial charge in [0, 0.05) is 18.4 Å². The number of ketones is 1. The van der Waals surface area contributed by atoms with Crippen molar-refractivity contribution in [1.82, 2.24) is 0 Å². The maximum atomic E-state index is 11.0. The van der Waals surface area contributed by atoms with E-state index in [0.29, 0.717) is 17.9 Å². The highest BCUT2D eigenvalue weighted by atomic mass is 32.2. The number of rotatable bonds is 7. The van der Waals surface area contributed by atoms with Crippen molar-refractivity contribution in [1.29, 1.82) is 0 Å². The lowest BCUT2D eigenvalue weighted by molar-refractivity contribution is -0.116. The molecule has 5 heteroatoms. The molecule has 0 aromatic carbocycles. The van der Waals surface area contributed by atoms with E-state index < -0.39 is 9.84 Å². The number of Topliss-reactive ketones (excluding diaryl/α,β-unsaturated/α-hetero) is 1. The first-order valence-electron chi connectivity index (χ1n) is 4.23. The molecule has 0 aliphatic rings. The normalized spacial score (nSPS) is 11.5. The zero-order valence-corrected chi connectivity index (χ0v) is 9.71. The quantitative estimate of drug-likeness (QED) is 0.608. The van der Waals surface area contributed by atoms with E-state index in [2.05, 4.69) is 0 Å². The molecule has 0 fully saturated rings. The Balaban J connectivity index is 3.41. The highest BCUT2D eigenvalue weighted by Gasteiger charge is 2.04. The van der Waals surface area contributed by atoms with Gasteiger partial charge in [0.05, 0.1) is 11.5 Å². The number of sulfone groups is 1. The lowest BCUT2D eigenvalue weighted by atomic mass is 10.3. The van der Waals surface area contributed by atoms with Gasteiger partial charge in [-0.3, -0.25) is 4.79 Å². The molecule has 0 aliphatic heterocycles. The van der Waals surface area contributed by atoms with Gasteiger partial charge in [0.15, 0.2) is 0 Å². The molecule has 0 amide bonds. The van der Waals surface area contributed by atoms with E-state index in [1.54, 1.807) is 0 Å². The molecule has 0 heterocycles. The van der Waals surface area contributed by atoms with Crippen LogP contribution in [0.2, 0.25) is 0 Å². The lowest BCUT2D eigenvalue weighted by Gasteiger charge is -1.98. The summed E-state index contributed by atoms with van der Waals surface area (Å²) in [4.78, 5) is 11.0. The summed E-state index contributed by atoms with van der Waals surface area (Å²) < 4.78 is 21.4. The van der Waals surface area contributed by atoms with E-state index in [4.69, 9.17) is 0 Å². The molecule has 0 rings (SSSR count). The van der Waals surface area contributed by atoms with Gasteiger partial charge in [-0.2, -0.15) is 11.8 Å². The minimum absolute atomic E-state index is 0.164. The van der Waals surface area contributed by atoms with E-state index in [1.807, 2.05) is 6.92 Å². The Hall–Kier alpha value is -0.0300. The van der Waals surface area contributed by atoms with Crippen LogP contribution in [0.5, 0.6) is 0 Å². The van der Waals surface area contributed by atoms with E-state index in [1.165, 1.54) is 18.0 Å². The van der Waals surface area contributed by atoms with Crippen LogP contribution >= 0.6 is 11.8 Å². The first kappa shape index (κ1) is 13.0. The molecule has 3 nitrogen and oxygen atoms in total. The number of carbonyl (C=O) groups excluding carboxylic acids is 1. The van der Waals surface area contributed by atoms with Gasteiger partial charge in [0.2, 0.25) is 0 Å². The van der Waals surface area contributed by atoms with Gasteiger partial charge in [-0.15, -0.1) is 0 Å². The highest BCUT2D eigenvalue weighted by Crippen LogP contribution is 2.03. The Morgan fingerprint density at radius 3 is 2.46 bits per heavy atom. The summed E-state index contributed by atoms with van der Waals surface area (Å²) in [7, 11) is -2.87. The Morgan fingerprint density at radius 2 is 2.00 bits per heavy atom. The molecule has 0 saturated heterocycles. The summed E-state index contributed by atoms with van der Waals surface area (Å²) >= 11 is 1.40. The molecule has 0 spiro atoms. The Bertz CT molecular complexity index is 244. The second kappa shape index (κ2) is 6.43. The highest BCUT2D eigenvalue weighted by molar-refractivity contribution is 8.01. The van der Waals surface area contributed by atoms with Crippen molar-refractivity contribution in [3.63, 3.8) is 0 Å². The fraction of sp³-hybridized carbons (Fsp3) is 0.875. The van der Waals surface area contributed by atoms with Crippen LogP contribution in [0.1, 0.15) is 19.8 Å². The van der Waals surface area contributed by atoms with Crippen LogP contribution in [0.3, 0.4) is 0 Å². The van der Waals surface area contributed by atoms with E-state index in [-0.39, 0.29) is 11.5 Å². The molecule has 0 aliphatic carbocycles. The minimum Gasteiger partial charge on any atom is -0.299 e. The zero-order chi connectivity index (χ0) is 10.3. The number of hydrogen-bond donors (Lipinski definition) is 0. The van der Waals surface area contributed by atoms with Gasteiger partial charge in [-0.05, 0) is 6.42 Å². The molecule has 0 aromatic heterocycles. The fourth-order valence-electron chi connectivity index (χ4n) is 0.747. The fourth-order valence-corrected chi connectivity index (χ4v) is 2.95. The number of thioether (sulfide) groups is 1. The van der Waals surface area contributed by atoms with Crippen LogP contribution in [0.25, 0.3) is 0 Å². The summed E-state index contributed by atoms with van der Waals surface area (Å²) in [6.45, 7) is 1.96. The van der Waals surface area contributed by atoms with Crippen LogP contribution in [0.4, 0.5) is 0 Å². The van der Waals surface area contributed by atoms with Crippen molar-refractivity contribution in [2.24, 2.45) is 0 Å². The predicted molar refractivity (Wildman–Crippen MR) is 57.0 cm³/mol. The van der Waals surface area contributed by atoms with E-state index >= 15 is 0 Å². The number of hydrogen-bond acceptors (Lipinski definition) is 4. The summed E-state index contributed by atoms with van der Waals surface area (Å²) in [5.41, 5.74) is 0. The van der Waals surface area contributed by atoms with Crippen molar-refractivity contribution in [3.05, 3.63) is 0 Å². The van der Waals surface area contributed by atoms with Gasteiger partial charge in [-0.1, -0.05) is 6.92 Å². The molecular weight excluding hydrogens is 208 g/mol. The molecule has 0 radical (unpaired) electrons. The third kappa shape index (κ3) is 9.89. The molecule has 0 atom stereocenters. The second-order valence-corrected chi connectivity index (χ2v) is 6.34. The average molecular weight is 224 g/mol. The molecule has 78 valence electrons. The number of carbonyl (C=O) groups is 1. The van der Waals surface area contributed by atoms with Crippen molar-refractivity contribution in [2.75, 3.05) is 23.5 Å². The summed E-state index contributed by atoms with van der Waals surface area (Å²) in [6, 6.07) is 0. The first-order chi connectivity index (χ1) is 5.95. The van der Waals surface area contributed by atoms with Crippen LogP contribution in [0, 0.1) is 0 Å². The summed E-state index contributed by atoms with van der Waals surface area (Å²) in [5, 5.41) is 0. The van der Waals surface area contributed by atoms with Gasteiger partial charge in [0.1, 0.15) is 15.6 Å².